The van der Waals surface area contributed by atoms with E-state index in [1.807, 2.05) is 12.1 Å². The van der Waals surface area contributed by atoms with Gasteiger partial charge in [-0.05, 0) is 31.0 Å². The van der Waals surface area contributed by atoms with Gasteiger partial charge in [0.2, 0.25) is 0 Å². The Labute approximate surface area is 109 Å². The summed E-state index contributed by atoms with van der Waals surface area (Å²) in [6.45, 7) is 4.90. The van der Waals surface area contributed by atoms with Crippen molar-refractivity contribution in [1.82, 2.24) is 5.32 Å². The first-order valence-electron chi connectivity index (χ1n) is 6.78. The summed E-state index contributed by atoms with van der Waals surface area (Å²) in [5.41, 5.74) is 1.28. The lowest BCUT2D eigenvalue weighted by molar-refractivity contribution is 0.0325. The first-order valence-corrected chi connectivity index (χ1v) is 6.78. The minimum Gasteiger partial charge on any atom is -0.496 e. The van der Waals surface area contributed by atoms with E-state index in [4.69, 9.17) is 9.47 Å². The molecule has 2 rings (SSSR count). The molecule has 3 heteroatoms. The minimum absolute atomic E-state index is 0.537. The molecule has 1 aromatic carbocycles. The molecule has 1 aliphatic rings. The summed E-state index contributed by atoms with van der Waals surface area (Å²) in [6.07, 6.45) is 2.12. The summed E-state index contributed by atoms with van der Waals surface area (Å²) in [6, 6.07) is 8.83. The monoisotopic (exact) mass is 249 g/mol. The molecule has 0 radical (unpaired) electrons. The van der Waals surface area contributed by atoms with E-state index in [1.54, 1.807) is 7.11 Å². The van der Waals surface area contributed by atoms with E-state index in [2.05, 4.69) is 24.4 Å². The first-order chi connectivity index (χ1) is 8.85. The summed E-state index contributed by atoms with van der Waals surface area (Å²) in [5.74, 6) is 1.52. The predicted octanol–water partition coefficient (Wildman–Crippen LogP) is 2.25. The van der Waals surface area contributed by atoms with Crippen molar-refractivity contribution in [3.8, 4) is 5.75 Å². The van der Waals surface area contributed by atoms with Gasteiger partial charge in [0, 0.05) is 18.6 Å². The third-order valence-corrected chi connectivity index (χ3v) is 3.62. The highest BCUT2D eigenvalue weighted by Gasteiger charge is 2.25. The Hall–Kier alpha value is -1.06. The normalized spacial score (nSPS) is 23.9. The highest BCUT2D eigenvalue weighted by atomic mass is 16.5. The number of rotatable bonds is 5. The SMILES string of the molecule is CCNC1CCOCC1Cc1ccccc1OC. The molecule has 0 aliphatic carbocycles. The number of hydrogen-bond acceptors (Lipinski definition) is 3. The third-order valence-electron chi connectivity index (χ3n) is 3.62. The van der Waals surface area contributed by atoms with E-state index in [1.165, 1.54) is 5.56 Å². The summed E-state index contributed by atoms with van der Waals surface area (Å²) < 4.78 is 11.0. The highest BCUT2D eigenvalue weighted by Crippen LogP contribution is 2.25. The zero-order valence-electron chi connectivity index (χ0n) is 11.3. The van der Waals surface area contributed by atoms with Gasteiger partial charge < -0.3 is 14.8 Å². The molecule has 2 atom stereocenters. The van der Waals surface area contributed by atoms with Gasteiger partial charge in [-0.1, -0.05) is 25.1 Å². The van der Waals surface area contributed by atoms with E-state index < -0.39 is 0 Å². The van der Waals surface area contributed by atoms with Crippen molar-refractivity contribution in [3.63, 3.8) is 0 Å². The van der Waals surface area contributed by atoms with E-state index in [9.17, 15) is 0 Å². The van der Waals surface area contributed by atoms with Gasteiger partial charge in [0.1, 0.15) is 5.75 Å². The zero-order valence-corrected chi connectivity index (χ0v) is 11.3. The van der Waals surface area contributed by atoms with E-state index in [0.717, 1.165) is 38.3 Å². The third kappa shape index (κ3) is 3.24. The average Bonchev–Trinajstić information content (AvgIpc) is 2.42. The van der Waals surface area contributed by atoms with Crippen LogP contribution in [0.4, 0.5) is 0 Å². The zero-order chi connectivity index (χ0) is 12.8. The van der Waals surface area contributed by atoms with Crippen molar-refractivity contribution in [1.29, 1.82) is 0 Å². The second-order valence-corrected chi connectivity index (χ2v) is 4.80. The fourth-order valence-corrected chi connectivity index (χ4v) is 2.68. The number of para-hydroxylation sites is 1. The van der Waals surface area contributed by atoms with Gasteiger partial charge in [-0.15, -0.1) is 0 Å². The average molecular weight is 249 g/mol. The fourth-order valence-electron chi connectivity index (χ4n) is 2.68. The van der Waals surface area contributed by atoms with Gasteiger partial charge in [0.05, 0.1) is 13.7 Å². The maximum Gasteiger partial charge on any atom is 0.122 e. The van der Waals surface area contributed by atoms with Crippen molar-refractivity contribution in [3.05, 3.63) is 29.8 Å². The van der Waals surface area contributed by atoms with Crippen LogP contribution in [0.15, 0.2) is 24.3 Å². The topological polar surface area (TPSA) is 30.5 Å². The molecule has 2 unspecified atom stereocenters. The van der Waals surface area contributed by atoms with Crippen LogP contribution >= 0.6 is 0 Å². The van der Waals surface area contributed by atoms with Crippen LogP contribution in [-0.2, 0) is 11.2 Å². The molecule has 1 fully saturated rings. The minimum atomic E-state index is 0.537. The predicted molar refractivity (Wildman–Crippen MR) is 73.1 cm³/mol. The lowest BCUT2D eigenvalue weighted by Gasteiger charge is -2.32. The summed E-state index contributed by atoms with van der Waals surface area (Å²) in [4.78, 5) is 0. The molecule has 100 valence electrons. The molecule has 0 spiro atoms. The van der Waals surface area contributed by atoms with Crippen molar-refractivity contribution in [2.24, 2.45) is 5.92 Å². The lowest BCUT2D eigenvalue weighted by atomic mass is 9.89. The standard InChI is InChI=1S/C15H23NO2/c1-3-16-14-8-9-18-11-13(14)10-12-6-4-5-7-15(12)17-2/h4-7,13-14,16H,3,8-11H2,1-2H3. The number of methoxy groups -OCH3 is 1. The molecule has 3 nitrogen and oxygen atoms in total. The quantitative estimate of drug-likeness (QED) is 0.868. The van der Waals surface area contributed by atoms with Gasteiger partial charge in [-0.25, -0.2) is 0 Å². The van der Waals surface area contributed by atoms with Gasteiger partial charge in [-0.2, -0.15) is 0 Å². The Balaban J connectivity index is 2.05. The van der Waals surface area contributed by atoms with Gasteiger partial charge in [-0.3, -0.25) is 0 Å². The molecule has 1 N–H and O–H groups in total. The van der Waals surface area contributed by atoms with E-state index >= 15 is 0 Å². The summed E-state index contributed by atoms with van der Waals surface area (Å²) >= 11 is 0. The molecule has 0 saturated carbocycles. The Bertz CT molecular complexity index is 365. The van der Waals surface area contributed by atoms with Crippen LogP contribution < -0.4 is 10.1 Å². The van der Waals surface area contributed by atoms with Crippen LogP contribution in [0.3, 0.4) is 0 Å². The Morgan fingerprint density at radius 1 is 1.39 bits per heavy atom. The fraction of sp³-hybridized carbons (Fsp3) is 0.600. The van der Waals surface area contributed by atoms with Crippen LogP contribution in [0.1, 0.15) is 18.9 Å². The van der Waals surface area contributed by atoms with Crippen LogP contribution in [0.2, 0.25) is 0 Å². The summed E-state index contributed by atoms with van der Waals surface area (Å²) in [5, 5.41) is 3.57. The second kappa shape index (κ2) is 6.76. The van der Waals surface area contributed by atoms with Gasteiger partial charge in [0.15, 0.2) is 0 Å². The molecule has 1 heterocycles. The maximum atomic E-state index is 5.62. The number of nitrogens with one attached hydrogen (secondary N) is 1. The molecule has 1 aromatic rings. The van der Waals surface area contributed by atoms with E-state index in [-0.39, 0.29) is 0 Å². The Morgan fingerprint density at radius 2 is 2.22 bits per heavy atom. The lowest BCUT2D eigenvalue weighted by Crippen LogP contribution is -2.43. The Morgan fingerprint density at radius 3 is 3.00 bits per heavy atom. The number of benzene rings is 1. The van der Waals surface area contributed by atoms with Gasteiger partial charge in [0.25, 0.3) is 0 Å². The molecule has 0 amide bonds. The summed E-state index contributed by atoms with van der Waals surface area (Å²) in [7, 11) is 1.73. The molecular weight excluding hydrogens is 226 g/mol. The smallest absolute Gasteiger partial charge is 0.122 e. The molecule has 18 heavy (non-hydrogen) atoms. The van der Waals surface area contributed by atoms with Crippen molar-refractivity contribution in [2.45, 2.75) is 25.8 Å². The molecule has 0 bridgehead atoms. The Kier molecular flexibility index (Phi) is 5.02. The second-order valence-electron chi connectivity index (χ2n) is 4.80. The first kappa shape index (κ1) is 13.4. The van der Waals surface area contributed by atoms with Crippen LogP contribution in [0, 0.1) is 5.92 Å². The van der Waals surface area contributed by atoms with Crippen molar-refractivity contribution >= 4 is 0 Å². The van der Waals surface area contributed by atoms with Gasteiger partial charge >= 0.3 is 0 Å². The number of hydrogen-bond donors (Lipinski definition) is 1. The molecular formula is C15H23NO2. The maximum absolute atomic E-state index is 5.62. The van der Waals surface area contributed by atoms with Crippen molar-refractivity contribution < 1.29 is 9.47 Å². The van der Waals surface area contributed by atoms with Crippen LogP contribution in [-0.4, -0.2) is 32.9 Å². The molecule has 1 saturated heterocycles. The molecule has 1 aliphatic heterocycles. The largest absolute Gasteiger partial charge is 0.496 e. The number of ether oxygens (including phenoxy) is 2. The van der Waals surface area contributed by atoms with E-state index in [0.29, 0.717) is 12.0 Å². The van der Waals surface area contributed by atoms with Crippen LogP contribution in [0.5, 0.6) is 5.75 Å². The van der Waals surface area contributed by atoms with Crippen LogP contribution in [0.25, 0.3) is 0 Å². The van der Waals surface area contributed by atoms with Crippen molar-refractivity contribution in [2.75, 3.05) is 26.9 Å². The highest BCUT2D eigenvalue weighted by molar-refractivity contribution is 5.33. The molecule has 0 aromatic heterocycles.